The van der Waals surface area contributed by atoms with Gasteiger partial charge in [-0.05, 0) is 27.9 Å². The van der Waals surface area contributed by atoms with Crippen LogP contribution in [0.25, 0.3) is 10.9 Å². The van der Waals surface area contributed by atoms with Gasteiger partial charge in [0.05, 0.1) is 0 Å². The van der Waals surface area contributed by atoms with Gasteiger partial charge in [-0.25, -0.2) is 9.67 Å². The fourth-order valence-electron chi connectivity index (χ4n) is 1.72. The van der Waals surface area contributed by atoms with E-state index in [2.05, 4.69) is 25.5 Å². The highest BCUT2D eigenvalue weighted by atomic mass is 32.1. The summed E-state index contributed by atoms with van der Waals surface area (Å²) < 4.78 is 2.13. The molecule has 19 heavy (non-hydrogen) atoms. The van der Waals surface area contributed by atoms with Gasteiger partial charge in [-0.2, -0.15) is 0 Å². The third kappa shape index (κ3) is 2.27. The number of H-pyrrole nitrogens is 1. The molecule has 94 valence electrons. The molecule has 3 rings (SSSR count). The van der Waals surface area contributed by atoms with Gasteiger partial charge in [0.1, 0.15) is 4.64 Å². The van der Waals surface area contributed by atoms with Gasteiger partial charge in [0.25, 0.3) is 5.95 Å². The minimum absolute atomic E-state index is 0.433. The van der Waals surface area contributed by atoms with E-state index in [4.69, 9.17) is 12.2 Å². The fraction of sp³-hybridized carbons (Fsp3) is 0.0833. The Morgan fingerprint density at radius 1 is 1.37 bits per heavy atom. The first-order chi connectivity index (χ1) is 9.24. The average Bonchev–Trinajstić information content (AvgIpc) is 2.82. The molecule has 0 aliphatic heterocycles. The van der Waals surface area contributed by atoms with E-state index in [0.717, 1.165) is 16.5 Å². The summed E-state index contributed by atoms with van der Waals surface area (Å²) in [5.41, 5.74) is 1.83. The predicted molar refractivity (Wildman–Crippen MR) is 75.2 cm³/mol. The topological polar surface area (TPSA) is 71.8 Å². The number of aliphatic imine (C=N–C) groups is 1. The normalized spacial score (nSPS) is 11.4. The maximum atomic E-state index is 5.30. The predicted octanol–water partition coefficient (Wildman–Crippen LogP) is 2.17. The highest BCUT2D eigenvalue weighted by molar-refractivity contribution is 7.71. The molecule has 0 spiro atoms. The van der Waals surface area contributed by atoms with E-state index in [-0.39, 0.29) is 0 Å². The third-order valence-electron chi connectivity index (χ3n) is 2.70. The Morgan fingerprint density at radius 2 is 2.21 bits per heavy atom. The molecule has 0 amide bonds. The molecule has 6 nitrogen and oxygen atoms in total. The first-order valence-electron chi connectivity index (χ1n) is 5.62. The number of pyridine rings is 1. The molecule has 2 aromatic heterocycles. The van der Waals surface area contributed by atoms with Crippen molar-refractivity contribution in [3.63, 3.8) is 0 Å². The first-order valence-corrected chi connectivity index (χ1v) is 6.03. The van der Waals surface area contributed by atoms with E-state index in [1.807, 2.05) is 30.3 Å². The van der Waals surface area contributed by atoms with Gasteiger partial charge in [-0.1, -0.05) is 35.5 Å². The molecule has 2 heterocycles. The summed E-state index contributed by atoms with van der Waals surface area (Å²) in [6, 6.07) is 9.93. The lowest BCUT2D eigenvalue weighted by atomic mass is 10.2. The van der Waals surface area contributed by atoms with Crippen LogP contribution in [0.4, 0.5) is 5.95 Å². The monoisotopic (exact) mass is 270 g/mol. The Balaban J connectivity index is 2.06. The van der Waals surface area contributed by atoms with Crippen molar-refractivity contribution in [2.24, 2.45) is 12.0 Å². The molecule has 0 atom stereocenters. The van der Waals surface area contributed by atoms with Crippen molar-refractivity contribution in [3.05, 3.63) is 40.5 Å². The van der Waals surface area contributed by atoms with Gasteiger partial charge in [0.15, 0.2) is 0 Å². The molecule has 0 aliphatic rings. The maximum Gasteiger partial charge on any atom is 0.268 e. The van der Waals surface area contributed by atoms with Crippen molar-refractivity contribution in [3.8, 4) is 0 Å². The molecule has 0 saturated carbocycles. The van der Waals surface area contributed by atoms with Crippen molar-refractivity contribution in [1.29, 1.82) is 0 Å². The standard InChI is InChI=1S/C12H10N6S/c1-18-12(15-16-17-18)13-7-9-6-8-4-2-3-5-10(8)14-11(9)19/h2-7H,1H3,(H,14,19). The average molecular weight is 270 g/mol. The quantitative estimate of drug-likeness (QED) is 0.572. The lowest BCUT2D eigenvalue weighted by Crippen LogP contribution is -1.91. The van der Waals surface area contributed by atoms with Gasteiger partial charge < -0.3 is 4.98 Å². The molecule has 0 unspecified atom stereocenters. The SMILES string of the molecule is Cn1nnnc1N=Cc1cc2ccccc2[nH]c1=S. The van der Waals surface area contributed by atoms with Crippen LogP contribution in [0.5, 0.6) is 0 Å². The van der Waals surface area contributed by atoms with E-state index in [9.17, 15) is 0 Å². The number of hydrogen-bond acceptors (Lipinski definition) is 5. The van der Waals surface area contributed by atoms with Crippen molar-refractivity contribution in [2.75, 3.05) is 0 Å². The maximum absolute atomic E-state index is 5.30. The smallest absolute Gasteiger partial charge is 0.268 e. The summed E-state index contributed by atoms with van der Waals surface area (Å²) in [5, 5.41) is 12.1. The van der Waals surface area contributed by atoms with Crippen LogP contribution in [0.2, 0.25) is 0 Å². The summed E-state index contributed by atoms with van der Waals surface area (Å²) in [5.74, 6) is 0.433. The molecule has 1 aromatic carbocycles. The number of aromatic nitrogens is 5. The molecule has 0 aliphatic carbocycles. The Kier molecular flexibility index (Phi) is 2.88. The zero-order valence-electron chi connectivity index (χ0n) is 10.1. The summed E-state index contributed by atoms with van der Waals surface area (Å²) in [4.78, 5) is 7.39. The molecular weight excluding hydrogens is 260 g/mol. The Labute approximate surface area is 113 Å². The van der Waals surface area contributed by atoms with Crippen LogP contribution in [-0.2, 0) is 7.05 Å². The zero-order chi connectivity index (χ0) is 13.2. The Hall–Kier alpha value is -2.41. The van der Waals surface area contributed by atoms with Gasteiger partial charge in [-0.3, -0.25) is 0 Å². The molecule has 0 saturated heterocycles. The van der Waals surface area contributed by atoms with Crippen molar-refractivity contribution < 1.29 is 0 Å². The molecule has 1 N–H and O–H groups in total. The number of fused-ring (bicyclic) bond motifs is 1. The van der Waals surface area contributed by atoms with Crippen LogP contribution in [0, 0.1) is 4.64 Å². The lowest BCUT2D eigenvalue weighted by molar-refractivity contribution is 0.712. The second kappa shape index (κ2) is 4.69. The van der Waals surface area contributed by atoms with Gasteiger partial charge >= 0.3 is 0 Å². The number of benzene rings is 1. The van der Waals surface area contributed by atoms with E-state index in [1.54, 1.807) is 13.3 Å². The largest absolute Gasteiger partial charge is 0.346 e. The van der Waals surface area contributed by atoms with E-state index in [1.165, 1.54) is 4.68 Å². The van der Waals surface area contributed by atoms with Crippen molar-refractivity contribution >= 4 is 35.3 Å². The fourth-order valence-corrected chi connectivity index (χ4v) is 1.94. The zero-order valence-corrected chi connectivity index (χ0v) is 10.9. The van der Waals surface area contributed by atoms with Crippen LogP contribution in [0.1, 0.15) is 5.56 Å². The van der Waals surface area contributed by atoms with Gasteiger partial charge in [-0.15, -0.1) is 0 Å². The van der Waals surface area contributed by atoms with Crippen molar-refractivity contribution in [1.82, 2.24) is 25.2 Å². The van der Waals surface area contributed by atoms with E-state index < -0.39 is 0 Å². The first kappa shape index (κ1) is 11.7. The third-order valence-corrected chi connectivity index (χ3v) is 3.04. The van der Waals surface area contributed by atoms with Crippen LogP contribution in [0.15, 0.2) is 35.3 Å². The van der Waals surface area contributed by atoms with Gasteiger partial charge in [0.2, 0.25) is 0 Å². The molecule has 7 heteroatoms. The van der Waals surface area contributed by atoms with E-state index in [0.29, 0.717) is 10.6 Å². The number of tetrazole rings is 1. The number of nitrogens with one attached hydrogen (secondary N) is 1. The summed E-state index contributed by atoms with van der Waals surface area (Å²) >= 11 is 5.30. The number of hydrogen-bond donors (Lipinski definition) is 1. The number of aryl methyl sites for hydroxylation is 1. The lowest BCUT2D eigenvalue weighted by Gasteiger charge is -2.00. The van der Waals surface area contributed by atoms with E-state index >= 15 is 0 Å². The van der Waals surface area contributed by atoms with Crippen molar-refractivity contribution in [2.45, 2.75) is 0 Å². The van der Waals surface area contributed by atoms with Gasteiger partial charge in [0, 0.05) is 24.3 Å². The Bertz CT molecular complexity index is 816. The number of aromatic amines is 1. The molecular formula is C12H10N6S. The van der Waals surface area contributed by atoms with Crippen LogP contribution < -0.4 is 0 Å². The summed E-state index contributed by atoms with van der Waals surface area (Å²) in [7, 11) is 1.73. The highest BCUT2D eigenvalue weighted by Crippen LogP contribution is 2.13. The second-order valence-corrected chi connectivity index (χ2v) is 4.41. The summed E-state index contributed by atoms with van der Waals surface area (Å²) in [6.45, 7) is 0. The molecule has 0 radical (unpaired) electrons. The summed E-state index contributed by atoms with van der Waals surface area (Å²) in [6.07, 6.45) is 1.66. The number of rotatable bonds is 2. The molecule has 0 fully saturated rings. The van der Waals surface area contributed by atoms with Crippen LogP contribution >= 0.6 is 12.2 Å². The highest BCUT2D eigenvalue weighted by Gasteiger charge is 2.00. The second-order valence-electron chi connectivity index (χ2n) is 4.00. The molecule has 3 aromatic rings. The minimum Gasteiger partial charge on any atom is -0.346 e. The Morgan fingerprint density at radius 3 is 3.00 bits per heavy atom. The van der Waals surface area contributed by atoms with Crippen LogP contribution in [0.3, 0.4) is 0 Å². The molecule has 0 bridgehead atoms. The number of nitrogens with zero attached hydrogens (tertiary/aromatic N) is 5. The van der Waals surface area contributed by atoms with Crippen LogP contribution in [-0.4, -0.2) is 31.4 Å². The minimum atomic E-state index is 0.433. The number of para-hydroxylation sites is 1.